The van der Waals surface area contributed by atoms with Gasteiger partial charge in [0.15, 0.2) is 0 Å². The number of benzene rings is 1. The van der Waals surface area contributed by atoms with Gasteiger partial charge in [0.05, 0.1) is 9.80 Å². The van der Waals surface area contributed by atoms with E-state index in [2.05, 4.69) is 5.32 Å². The highest BCUT2D eigenvalue weighted by molar-refractivity contribution is 7.95. The van der Waals surface area contributed by atoms with Gasteiger partial charge in [0.1, 0.15) is 0 Å². The number of rotatable bonds is 2. The minimum Gasteiger partial charge on any atom is -0.332 e. The third-order valence-electron chi connectivity index (χ3n) is 2.39. The highest BCUT2D eigenvalue weighted by Gasteiger charge is 2.23. The van der Waals surface area contributed by atoms with Crippen molar-refractivity contribution in [2.45, 2.75) is 17.7 Å². The Morgan fingerprint density at radius 1 is 1.06 bits per heavy atom. The number of sulfone groups is 1. The average molecular weight is 237 g/mol. The van der Waals surface area contributed by atoms with Gasteiger partial charge in [-0.15, -0.1) is 0 Å². The van der Waals surface area contributed by atoms with Gasteiger partial charge in [-0.25, -0.2) is 8.42 Å². The van der Waals surface area contributed by atoms with E-state index in [1.165, 1.54) is 6.20 Å². The van der Waals surface area contributed by atoms with Crippen molar-refractivity contribution in [1.82, 2.24) is 5.32 Å². The molecule has 4 nitrogen and oxygen atoms in total. The molecule has 1 N–H and O–H groups in total. The molecule has 84 valence electrons. The van der Waals surface area contributed by atoms with Crippen molar-refractivity contribution in [3.05, 3.63) is 41.4 Å². The Balaban J connectivity index is 2.38. The number of hydrogen-bond donors (Lipinski definition) is 1. The average Bonchev–Trinajstić information content (AvgIpc) is 2.31. The van der Waals surface area contributed by atoms with Gasteiger partial charge < -0.3 is 5.32 Å². The Morgan fingerprint density at radius 3 is 2.31 bits per heavy atom. The van der Waals surface area contributed by atoms with Gasteiger partial charge in [0.25, 0.3) is 0 Å². The van der Waals surface area contributed by atoms with Gasteiger partial charge in [0.2, 0.25) is 15.7 Å². The van der Waals surface area contributed by atoms with Gasteiger partial charge in [-0.05, 0) is 18.6 Å². The Bertz CT molecular complexity index is 532. The van der Waals surface area contributed by atoms with E-state index in [9.17, 15) is 13.2 Å². The molecule has 1 amide bonds. The smallest absolute Gasteiger partial charge is 0.224 e. The van der Waals surface area contributed by atoms with Crippen LogP contribution in [0.15, 0.2) is 46.3 Å². The third-order valence-corrected chi connectivity index (χ3v) is 4.30. The Kier molecular flexibility index (Phi) is 2.78. The minimum absolute atomic E-state index is 0.146. The van der Waals surface area contributed by atoms with Crippen LogP contribution in [0.5, 0.6) is 0 Å². The third kappa shape index (κ3) is 1.99. The lowest BCUT2D eigenvalue weighted by Gasteiger charge is -2.13. The molecule has 0 unspecified atom stereocenters. The molecule has 1 aliphatic rings. The molecule has 0 aromatic heterocycles. The standard InChI is InChI=1S/C11H11NO3S/c13-11-7-6-10(8-12-11)16(14,15)9-4-2-1-3-5-9/h1-5,8H,6-7H2,(H,12,13). The Labute approximate surface area is 93.9 Å². The first kappa shape index (κ1) is 10.9. The second-order valence-electron chi connectivity index (χ2n) is 3.49. The predicted octanol–water partition coefficient (Wildman–Crippen LogP) is 1.21. The molecule has 0 radical (unpaired) electrons. The lowest BCUT2D eigenvalue weighted by Crippen LogP contribution is -2.24. The Hall–Kier alpha value is -1.62. The number of carbonyl (C=O) groups excluding carboxylic acids is 1. The molecule has 0 atom stereocenters. The molecule has 5 heteroatoms. The summed E-state index contributed by atoms with van der Waals surface area (Å²) in [6.07, 6.45) is 1.77. The van der Waals surface area contributed by atoms with E-state index >= 15 is 0 Å². The molecule has 0 bridgehead atoms. The molecular formula is C11H11NO3S. The van der Waals surface area contributed by atoms with E-state index in [0.717, 1.165) is 0 Å². The number of amides is 1. The highest BCUT2D eigenvalue weighted by atomic mass is 32.2. The number of nitrogens with one attached hydrogen (secondary N) is 1. The molecule has 1 aliphatic heterocycles. The fraction of sp³-hybridized carbons (Fsp3) is 0.182. The minimum atomic E-state index is -3.44. The van der Waals surface area contributed by atoms with Gasteiger partial charge >= 0.3 is 0 Å². The molecule has 0 fully saturated rings. The normalized spacial score (nSPS) is 16.5. The van der Waals surface area contributed by atoms with E-state index in [1.54, 1.807) is 30.3 Å². The molecule has 0 aliphatic carbocycles. The number of hydrogen-bond acceptors (Lipinski definition) is 3. The van der Waals surface area contributed by atoms with Crippen LogP contribution in [-0.4, -0.2) is 14.3 Å². The van der Waals surface area contributed by atoms with E-state index in [-0.39, 0.29) is 28.5 Å². The fourth-order valence-electron chi connectivity index (χ4n) is 1.51. The number of allylic oxidation sites excluding steroid dienone is 1. The lowest BCUT2D eigenvalue weighted by atomic mass is 10.2. The fourth-order valence-corrected chi connectivity index (χ4v) is 2.91. The zero-order chi connectivity index (χ0) is 11.6. The van der Waals surface area contributed by atoms with Gasteiger partial charge in [0, 0.05) is 12.6 Å². The Morgan fingerprint density at radius 2 is 1.75 bits per heavy atom. The summed E-state index contributed by atoms with van der Waals surface area (Å²) in [5, 5.41) is 2.43. The van der Waals surface area contributed by atoms with E-state index in [1.807, 2.05) is 0 Å². The molecule has 16 heavy (non-hydrogen) atoms. The maximum atomic E-state index is 12.1. The quantitative estimate of drug-likeness (QED) is 0.841. The maximum Gasteiger partial charge on any atom is 0.224 e. The molecular weight excluding hydrogens is 226 g/mol. The van der Waals surface area contributed by atoms with Crippen molar-refractivity contribution < 1.29 is 13.2 Å². The van der Waals surface area contributed by atoms with E-state index in [0.29, 0.717) is 0 Å². The van der Waals surface area contributed by atoms with E-state index in [4.69, 9.17) is 0 Å². The highest BCUT2D eigenvalue weighted by Crippen LogP contribution is 2.23. The maximum absolute atomic E-state index is 12.1. The molecule has 1 aromatic rings. The largest absolute Gasteiger partial charge is 0.332 e. The molecule has 1 aromatic carbocycles. The van der Waals surface area contributed by atoms with Crippen LogP contribution in [0, 0.1) is 0 Å². The zero-order valence-electron chi connectivity index (χ0n) is 8.51. The molecule has 2 rings (SSSR count). The van der Waals surface area contributed by atoms with Crippen LogP contribution >= 0.6 is 0 Å². The van der Waals surface area contributed by atoms with Gasteiger partial charge in [-0.3, -0.25) is 4.79 Å². The summed E-state index contributed by atoms with van der Waals surface area (Å²) in [5.74, 6) is -0.146. The van der Waals surface area contributed by atoms with Crippen LogP contribution < -0.4 is 5.32 Å². The first-order chi connectivity index (χ1) is 7.60. The number of carbonyl (C=O) groups is 1. The van der Waals surface area contributed by atoms with Crippen molar-refractivity contribution in [3.63, 3.8) is 0 Å². The van der Waals surface area contributed by atoms with Crippen LogP contribution in [0.4, 0.5) is 0 Å². The van der Waals surface area contributed by atoms with Crippen molar-refractivity contribution in [3.8, 4) is 0 Å². The summed E-state index contributed by atoms with van der Waals surface area (Å²) in [4.78, 5) is 11.4. The molecule has 1 heterocycles. The SMILES string of the molecule is O=C1CCC(S(=O)(=O)c2ccccc2)=CN1. The van der Waals surface area contributed by atoms with Gasteiger partial charge in [-0.2, -0.15) is 0 Å². The monoisotopic (exact) mass is 237 g/mol. The summed E-state index contributed by atoms with van der Waals surface area (Å²) in [6, 6.07) is 8.21. The van der Waals surface area contributed by atoms with Crippen LogP contribution in [0.3, 0.4) is 0 Å². The summed E-state index contributed by atoms with van der Waals surface area (Å²) < 4.78 is 24.1. The molecule has 0 spiro atoms. The van der Waals surface area contributed by atoms with Crippen LogP contribution in [0.25, 0.3) is 0 Å². The first-order valence-electron chi connectivity index (χ1n) is 4.89. The summed E-state index contributed by atoms with van der Waals surface area (Å²) in [6.45, 7) is 0. The zero-order valence-corrected chi connectivity index (χ0v) is 9.33. The first-order valence-corrected chi connectivity index (χ1v) is 6.37. The molecule has 0 saturated carbocycles. The van der Waals surface area contributed by atoms with Crippen LogP contribution in [-0.2, 0) is 14.6 Å². The van der Waals surface area contributed by atoms with Crippen molar-refractivity contribution in [1.29, 1.82) is 0 Å². The second-order valence-corrected chi connectivity index (χ2v) is 5.50. The second kappa shape index (κ2) is 4.09. The lowest BCUT2D eigenvalue weighted by molar-refractivity contribution is -0.120. The van der Waals surface area contributed by atoms with Crippen LogP contribution in [0.2, 0.25) is 0 Å². The van der Waals surface area contributed by atoms with Crippen molar-refractivity contribution >= 4 is 15.7 Å². The van der Waals surface area contributed by atoms with Gasteiger partial charge in [-0.1, -0.05) is 18.2 Å². The topological polar surface area (TPSA) is 63.2 Å². The summed E-state index contributed by atoms with van der Waals surface area (Å²) in [7, 11) is -3.44. The van der Waals surface area contributed by atoms with Crippen molar-refractivity contribution in [2.75, 3.05) is 0 Å². The molecule has 0 saturated heterocycles. The van der Waals surface area contributed by atoms with E-state index < -0.39 is 9.84 Å². The summed E-state index contributed by atoms with van der Waals surface area (Å²) in [5.41, 5.74) is 0. The van der Waals surface area contributed by atoms with Crippen LogP contribution in [0.1, 0.15) is 12.8 Å². The van der Waals surface area contributed by atoms with Crippen molar-refractivity contribution in [2.24, 2.45) is 0 Å². The summed E-state index contributed by atoms with van der Waals surface area (Å²) >= 11 is 0. The predicted molar refractivity (Wildman–Crippen MR) is 59.1 cm³/mol.